The maximum Gasteiger partial charge on any atom is 0.228 e. The molecule has 100 valence electrons. The molecule has 0 unspecified atom stereocenters. The van der Waals surface area contributed by atoms with Crippen LogP contribution in [0.15, 0.2) is 22.8 Å². The first kappa shape index (κ1) is 13.1. The molecule has 4 nitrogen and oxygen atoms in total. The van der Waals surface area contributed by atoms with E-state index in [2.05, 4.69) is 5.32 Å². The lowest BCUT2D eigenvalue weighted by atomic mass is 9.73. The highest BCUT2D eigenvalue weighted by Gasteiger charge is 2.38. The van der Waals surface area contributed by atoms with Crippen LogP contribution in [0.5, 0.6) is 0 Å². The first-order valence-electron chi connectivity index (χ1n) is 6.72. The van der Waals surface area contributed by atoms with E-state index in [1.807, 2.05) is 19.1 Å². The first-order valence-corrected chi connectivity index (χ1v) is 6.72. The lowest BCUT2D eigenvalue weighted by molar-refractivity contribution is -0.133. The molecule has 1 aliphatic rings. The van der Waals surface area contributed by atoms with E-state index in [-0.39, 0.29) is 17.4 Å². The number of carbonyl (C=O) groups is 1. The molecule has 1 aliphatic carbocycles. The predicted molar refractivity (Wildman–Crippen MR) is 69.8 cm³/mol. The van der Waals surface area contributed by atoms with Crippen LogP contribution in [0.2, 0.25) is 0 Å². The maximum absolute atomic E-state index is 12.4. The second-order valence-corrected chi connectivity index (χ2v) is 5.26. The van der Waals surface area contributed by atoms with Crippen LogP contribution >= 0.6 is 0 Å². The van der Waals surface area contributed by atoms with Gasteiger partial charge in [0.05, 0.1) is 17.7 Å². The van der Waals surface area contributed by atoms with Crippen LogP contribution in [0.4, 0.5) is 0 Å². The van der Waals surface area contributed by atoms with Gasteiger partial charge in [-0.25, -0.2) is 0 Å². The number of carbonyl (C=O) groups excluding carboxylic acids is 1. The molecular weight excluding hydrogens is 228 g/mol. The number of hydrogen-bond acceptors (Lipinski definition) is 3. The molecule has 3 N–H and O–H groups in total. The summed E-state index contributed by atoms with van der Waals surface area (Å²) in [6, 6.07) is 3.61. The van der Waals surface area contributed by atoms with Gasteiger partial charge in [-0.2, -0.15) is 0 Å². The molecule has 0 radical (unpaired) electrons. The van der Waals surface area contributed by atoms with E-state index < -0.39 is 0 Å². The first-order chi connectivity index (χ1) is 8.68. The topological polar surface area (TPSA) is 68.3 Å². The number of nitrogens with one attached hydrogen (secondary N) is 1. The van der Waals surface area contributed by atoms with E-state index in [0.29, 0.717) is 6.54 Å². The van der Waals surface area contributed by atoms with Crippen LogP contribution in [0.1, 0.15) is 50.8 Å². The number of rotatable bonds is 4. The average Bonchev–Trinajstić information content (AvgIpc) is 2.93. The third-order valence-corrected chi connectivity index (χ3v) is 4.00. The summed E-state index contributed by atoms with van der Waals surface area (Å²) in [4.78, 5) is 12.4. The van der Waals surface area contributed by atoms with Crippen LogP contribution in [0.3, 0.4) is 0 Å². The molecule has 0 aromatic carbocycles. The van der Waals surface area contributed by atoms with Crippen molar-refractivity contribution >= 4 is 5.91 Å². The predicted octanol–water partition coefficient (Wildman–Crippen LogP) is 2.37. The zero-order chi connectivity index (χ0) is 13.0. The molecule has 4 heteroatoms. The van der Waals surface area contributed by atoms with E-state index in [4.69, 9.17) is 10.2 Å². The fourth-order valence-electron chi connectivity index (χ4n) is 2.71. The molecular formula is C14H22N2O2. The van der Waals surface area contributed by atoms with Crippen molar-refractivity contribution in [1.29, 1.82) is 0 Å². The minimum Gasteiger partial charge on any atom is -0.467 e. The smallest absolute Gasteiger partial charge is 0.228 e. The Kier molecular flexibility index (Phi) is 4.07. The van der Waals surface area contributed by atoms with Gasteiger partial charge in [-0.1, -0.05) is 19.3 Å². The molecule has 18 heavy (non-hydrogen) atoms. The van der Waals surface area contributed by atoms with Gasteiger partial charge in [0, 0.05) is 6.54 Å². The minimum atomic E-state index is -0.362. The Morgan fingerprint density at radius 3 is 2.78 bits per heavy atom. The molecule has 0 saturated heterocycles. The fraction of sp³-hybridized carbons (Fsp3) is 0.643. The van der Waals surface area contributed by atoms with E-state index in [1.54, 1.807) is 6.26 Å². The van der Waals surface area contributed by atoms with Crippen molar-refractivity contribution in [2.24, 2.45) is 11.1 Å². The Labute approximate surface area is 108 Å². The van der Waals surface area contributed by atoms with E-state index >= 15 is 0 Å². The summed E-state index contributed by atoms with van der Waals surface area (Å²) in [6.45, 7) is 2.37. The zero-order valence-electron chi connectivity index (χ0n) is 10.9. The highest BCUT2D eigenvalue weighted by Crippen LogP contribution is 2.36. The molecule has 1 aromatic heterocycles. The molecule has 1 saturated carbocycles. The van der Waals surface area contributed by atoms with E-state index in [9.17, 15) is 4.79 Å². The standard InChI is InChI=1S/C14H22N2O2/c1-11(12-6-5-9-18-12)16-13(17)14(10-15)7-3-2-4-8-14/h5-6,9,11H,2-4,7-8,10,15H2,1H3,(H,16,17)/t11-/m1/s1. The molecule has 1 atom stereocenters. The molecule has 1 fully saturated rings. The minimum absolute atomic E-state index is 0.0774. The van der Waals surface area contributed by atoms with Gasteiger partial charge in [0.25, 0.3) is 0 Å². The van der Waals surface area contributed by atoms with Gasteiger partial charge in [0.2, 0.25) is 5.91 Å². The molecule has 1 aromatic rings. The lowest BCUT2D eigenvalue weighted by Gasteiger charge is -2.35. The summed E-state index contributed by atoms with van der Waals surface area (Å²) in [6.07, 6.45) is 6.83. The van der Waals surface area contributed by atoms with Gasteiger partial charge in [-0.05, 0) is 31.9 Å². The quantitative estimate of drug-likeness (QED) is 0.862. The summed E-state index contributed by atoms with van der Waals surface area (Å²) in [5.41, 5.74) is 5.49. The summed E-state index contributed by atoms with van der Waals surface area (Å²) < 4.78 is 5.30. The molecule has 0 bridgehead atoms. The van der Waals surface area contributed by atoms with Crippen molar-refractivity contribution in [1.82, 2.24) is 5.32 Å². The Bertz CT molecular complexity index is 381. The van der Waals surface area contributed by atoms with Crippen LogP contribution in [0, 0.1) is 5.41 Å². The second-order valence-electron chi connectivity index (χ2n) is 5.26. The highest BCUT2D eigenvalue weighted by atomic mass is 16.3. The summed E-state index contributed by atoms with van der Waals surface area (Å²) in [7, 11) is 0. The van der Waals surface area contributed by atoms with E-state index in [1.165, 1.54) is 6.42 Å². The van der Waals surface area contributed by atoms with E-state index in [0.717, 1.165) is 31.4 Å². The molecule has 0 aliphatic heterocycles. The highest BCUT2D eigenvalue weighted by molar-refractivity contribution is 5.83. The van der Waals surface area contributed by atoms with Crippen LogP contribution in [-0.2, 0) is 4.79 Å². The molecule has 0 spiro atoms. The molecule has 2 rings (SSSR count). The Balaban J connectivity index is 2.01. The van der Waals surface area contributed by atoms with Gasteiger partial charge < -0.3 is 15.5 Å². The average molecular weight is 250 g/mol. The van der Waals surface area contributed by atoms with Crippen LogP contribution in [0.25, 0.3) is 0 Å². The van der Waals surface area contributed by atoms with Crippen LogP contribution < -0.4 is 11.1 Å². The lowest BCUT2D eigenvalue weighted by Crippen LogP contribution is -2.47. The molecule has 1 amide bonds. The van der Waals surface area contributed by atoms with Gasteiger partial charge >= 0.3 is 0 Å². The number of nitrogens with two attached hydrogens (primary N) is 1. The zero-order valence-corrected chi connectivity index (χ0v) is 10.9. The third kappa shape index (κ3) is 2.58. The van der Waals surface area contributed by atoms with Crippen molar-refractivity contribution in [3.8, 4) is 0 Å². The summed E-state index contributed by atoms with van der Waals surface area (Å²) >= 11 is 0. The summed E-state index contributed by atoms with van der Waals surface area (Å²) in [5, 5.41) is 3.03. The van der Waals surface area contributed by atoms with Crippen molar-refractivity contribution in [3.63, 3.8) is 0 Å². The fourth-order valence-corrected chi connectivity index (χ4v) is 2.71. The Morgan fingerprint density at radius 2 is 2.22 bits per heavy atom. The third-order valence-electron chi connectivity index (χ3n) is 4.00. The van der Waals surface area contributed by atoms with Crippen LogP contribution in [-0.4, -0.2) is 12.5 Å². The SMILES string of the molecule is C[C@@H](NC(=O)C1(CN)CCCCC1)c1ccco1. The maximum atomic E-state index is 12.4. The van der Waals surface area contributed by atoms with Crippen molar-refractivity contribution in [2.45, 2.75) is 45.1 Å². The van der Waals surface area contributed by atoms with Crippen molar-refractivity contribution in [3.05, 3.63) is 24.2 Å². The Hall–Kier alpha value is -1.29. The normalized spacial score (nSPS) is 20.3. The monoisotopic (exact) mass is 250 g/mol. The largest absolute Gasteiger partial charge is 0.467 e. The number of furan rings is 1. The molecule has 1 heterocycles. The number of amides is 1. The van der Waals surface area contributed by atoms with Gasteiger partial charge in [-0.3, -0.25) is 4.79 Å². The van der Waals surface area contributed by atoms with Crippen molar-refractivity contribution in [2.75, 3.05) is 6.54 Å². The van der Waals surface area contributed by atoms with Gasteiger partial charge in [-0.15, -0.1) is 0 Å². The van der Waals surface area contributed by atoms with Crippen molar-refractivity contribution < 1.29 is 9.21 Å². The summed E-state index contributed by atoms with van der Waals surface area (Å²) in [5.74, 6) is 0.861. The Morgan fingerprint density at radius 1 is 1.50 bits per heavy atom. The number of hydrogen-bond donors (Lipinski definition) is 2. The second kappa shape index (κ2) is 5.57. The van der Waals surface area contributed by atoms with Gasteiger partial charge in [0.15, 0.2) is 0 Å². The van der Waals surface area contributed by atoms with Gasteiger partial charge in [0.1, 0.15) is 5.76 Å².